The maximum Gasteiger partial charge on any atom is 0.0945 e. The van der Waals surface area contributed by atoms with Gasteiger partial charge in [-0.2, -0.15) is 0 Å². The molecule has 16 heavy (non-hydrogen) atoms. The molecule has 1 unspecified atom stereocenters. The number of aliphatic hydroxyl groups is 2. The van der Waals surface area contributed by atoms with Crippen molar-refractivity contribution in [1.29, 1.82) is 0 Å². The molecule has 1 aromatic rings. The second kappa shape index (κ2) is 6.35. The van der Waals surface area contributed by atoms with Crippen LogP contribution in [0.2, 0.25) is 0 Å². The Hall–Kier alpha value is -1.26. The van der Waals surface area contributed by atoms with E-state index >= 15 is 0 Å². The molecule has 4 heteroatoms. The minimum absolute atomic E-state index is 0.220. The lowest BCUT2D eigenvalue weighted by molar-refractivity contribution is 0.0998. The highest BCUT2D eigenvalue weighted by Gasteiger charge is 2.10. The fraction of sp³-hybridized carbons (Fsp3) is 0.500. The summed E-state index contributed by atoms with van der Waals surface area (Å²) < 4.78 is 0. The van der Waals surface area contributed by atoms with Gasteiger partial charge in [0.15, 0.2) is 0 Å². The Kier molecular flexibility index (Phi) is 5.08. The van der Waals surface area contributed by atoms with Gasteiger partial charge < -0.3 is 20.8 Å². The summed E-state index contributed by atoms with van der Waals surface area (Å²) in [6, 6.07) is 7.55. The van der Waals surface area contributed by atoms with Crippen LogP contribution < -0.4 is 10.6 Å². The molecule has 1 atom stereocenters. The Labute approximate surface area is 96.3 Å². The number of nitrogen functional groups attached to an aromatic ring is 1. The largest absolute Gasteiger partial charge is 0.399 e. The highest BCUT2D eigenvalue weighted by atomic mass is 16.3. The number of nitrogens with two attached hydrogens (primary N) is 1. The summed E-state index contributed by atoms with van der Waals surface area (Å²) in [5, 5.41) is 18.3. The van der Waals surface area contributed by atoms with Crippen molar-refractivity contribution in [3.8, 4) is 0 Å². The molecule has 0 aliphatic rings. The average molecular weight is 224 g/mol. The van der Waals surface area contributed by atoms with Crippen molar-refractivity contribution in [2.45, 2.75) is 19.4 Å². The maximum atomic E-state index is 9.46. The highest BCUT2D eigenvalue weighted by Crippen LogP contribution is 2.18. The van der Waals surface area contributed by atoms with Crippen molar-refractivity contribution in [3.05, 3.63) is 24.3 Å². The Morgan fingerprint density at radius 2 is 2.19 bits per heavy atom. The monoisotopic (exact) mass is 224 g/mol. The fourth-order valence-electron chi connectivity index (χ4n) is 1.63. The van der Waals surface area contributed by atoms with Crippen LogP contribution >= 0.6 is 0 Å². The van der Waals surface area contributed by atoms with Gasteiger partial charge in [0.05, 0.1) is 12.7 Å². The van der Waals surface area contributed by atoms with E-state index in [0.717, 1.165) is 18.7 Å². The molecule has 0 fully saturated rings. The Bertz CT molecular complexity index is 318. The summed E-state index contributed by atoms with van der Waals surface area (Å²) >= 11 is 0. The van der Waals surface area contributed by atoms with Gasteiger partial charge in [-0.1, -0.05) is 13.0 Å². The average Bonchev–Trinajstić information content (AvgIpc) is 2.28. The molecule has 0 heterocycles. The number of benzene rings is 1. The van der Waals surface area contributed by atoms with Crippen molar-refractivity contribution in [3.63, 3.8) is 0 Å². The Balaban J connectivity index is 2.76. The van der Waals surface area contributed by atoms with E-state index in [2.05, 4.69) is 6.92 Å². The third-order valence-corrected chi connectivity index (χ3v) is 2.37. The predicted octanol–water partition coefficient (Wildman–Crippen LogP) is 0.838. The van der Waals surface area contributed by atoms with Gasteiger partial charge in [-0.05, 0) is 24.6 Å². The van der Waals surface area contributed by atoms with Gasteiger partial charge in [0.1, 0.15) is 0 Å². The van der Waals surface area contributed by atoms with Crippen LogP contribution in [-0.4, -0.2) is 36.0 Å². The second-order valence-electron chi connectivity index (χ2n) is 3.88. The normalized spacial score (nSPS) is 12.4. The van der Waals surface area contributed by atoms with Gasteiger partial charge in [-0.15, -0.1) is 0 Å². The van der Waals surface area contributed by atoms with E-state index in [1.807, 2.05) is 29.2 Å². The zero-order valence-electron chi connectivity index (χ0n) is 9.63. The molecule has 0 aromatic heterocycles. The van der Waals surface area contributed by atoms with Crippen molar-refractivity contribution >= 4 is 11.4 Å². The number of anilines is 2. The molecule has 0 aliphatic carbocycles. The van der Waals surface area contributed by atoms with Gasteiger partial charge >= 0.3 is 0 Å². The SMILES string of the molecule is CCCN(CC(O)CO)c1cccc(N)c1. The summed E-state index contributed by atoms with van der Waals surface area (Å²) in [6.07, 6.45) is 0.264. The van der Waals surface area contributed by atoms with E-state index in [0.29, 0.717) is 12.2 Å². The van der Waals surface area contributed by atoms with Crippen molar-refractivity contribution in [1.82, 2.24) is 0 Å². The number of hydrogen-bond donors (Lipinski definition) is 3. The molecule has 0 bridgehead atoms. The number of rotatable bonds is 6. The summed E-state index contributed by atoms with van der Waals surface area (Å²) in [5.41, 5.74) is 7.40. The van der Waals surface area contributed by atoms with Gasteiger partial charge in [0.25, 0.3) is 0 Å². The van der Waals surface area contributed by atoms with Crippen molar-refractivity contribution in [2.24, 2.45) is 0 Å². The van der Waals surface area contributed by atoms with Crippen LogP contribution in [0.3, 0.4) is 0 Å². The number of aliphatic hydroxyl groups excluding tert-OH is 2. The first-order valence-electron chi connectivity index (χ1n) is 5.56. The van der Waals surface area contributed by atoms with E-state index in [4.69, 9.17) is 10.8 Å². The fourth-order valence-corrected chi connectivity index (χ4v) is 1.63. The molecule has 4 nitrogen and oxygen atoms in total. The summed E-state index contributed by atoms with van der Waals surface area (Å²) in [7, 11) is 0. The first-order valence-corrected chi connectivity index (χ1v) is 5.56. The number of hydrogen-bond acceptors (Lipinski definition) is 4. The maximum absolute atomic E-state index is 9.46. The molecule has 0 saturated carbocycles. The third-order valence-electron chi connectivity index (χ3n) is 2.37. The van der Waals surface area contributed by atoms with Crippen molar-refractivity contribution < 1.29 is 10.2 Å². The van der Waals surface area contributed by atoms with Gasteiger partial charge in [-0.3, -0.25) is 0 Å². The minimum atomic E-state index is -0.715. The molecule has 0 aliphatic heterocycles. The van der Waals surface area contributed by atoms with Crippen LogP contribution in [-0.2, 0) is 0 Å². The van der Waals surface area contributed by atoms with E-state index in [1.165, 1.54) is 0 Å². The van der Waals surface area contributed by atoms with Gasteiger partial charge in [0, 0.05) is 24.5 Å². The standard InChI is InChI=1S/C12H20N2O2/c1-2-6-14(8-12(16)9-15)11-5-3-4-10(13)7-11/h3-5,7,12,15-16H,2,6,8-9,13H2,1H3. The van der Waals surface area contributed by atoms with E-state index in [-0.39, 0.29) is 6.61 Å². The van der Waals surface area contributed by atoms with Crippen LogP contribution in [0.25, 0.3) is 0 Å². The molecule has 1 aromatic carbocycles. The van der Waals surface area contributed by atoms with E-state index in [1.54, 1.807) is 0 Å². The third kappa shape index (κ3) is 3.72. The quantitative estimate of drug-likeness (QED) is 0.626. The lowest BCUT2D eigenvalue weighted by Crippen LogP contribution is -2.34. The topological polar surface area (TPSA) is 69.7 Å². The lowest BCUT2D eigenvalue weighted by atomic mass is 10.2. The van der Waals surface area contributed by atoms with Crippen LogP contribution in [0.4, 0.5) is 11.4 Å². The van der Waals surface area contributed by atoms with Crippen LogP contribution in [0.1, 0.15) is 13.3 Å². The molecule has 4 N–H and O–H groups in total. The Morgan fingerprint density at radius 3 is 2.75 bits per heavy atom. The molecule has 0 spiro atoms. The van der Waals surface area contributed by atoms with Crippen LogP contribution in [0.5, 0.6) is 0 Å². The molecular weight excluding hydrogens is 204 g/mol. The summed E-state index contributed by atoms with van der Waals surface area (Å²) in [5.74, 6) is 0. The minimum Gasteiger partial charge on any atom is -0.399 e. The molecule has 0 saturated heterocycles. The molecule has 0 amide bonds. The molecule has 0 radical (unpaired) electrons. The lowest BCUT2D eigenvalue weighted by Gasteiger charge is -2.26. The molecule has 90 valence electrons. The first-order chi connectivity index (χ1) is 7.67. The summed E-state index contributed by atoms with van der Waals surface area (Å²) in [6.45, 7) is 3.11. The van der Waals surface area contributed by atoms with Gasteiger partial charge in [-0.25, -0.2) is 0 Å². The molecular formula is C12H20N2O2. The van der Waals surface area contributed by atoms with E-state index < -0.39 is 6.10 Å². The predicted molar refractivity (Wildman–Crippen MR) is 66.5 cm³/mol. The Morgan fingerprint density at radius 1 is 1.44 bits per heavy atom. The van der Waals surface area contributed by atoms with Crippen molar-refractivity contribution in [2.75, 3.05) is 30.3 Å². The number of nitrogens with zero attached hydrogens (tertiary/aromatic N) is 1. The highest BCUT2D eigenvalue weighted by molar-refractivity contribution is 5.55. The van der Waals surface area contributed by atoms with E-state index in [9.17, 15) is 5.11 Å². The molecule has 1 rings (SSSR count). The van der Waals surface area contributed by atoms with Crippen LogP contribution in [0, 0.1) is 0 Å². The first kappa shape index (κ1) is 12.8. The second-order valence-corrected chi connectivity index (χ2v) is 3.88. The van der Waals surface area contributed by atoms with Gasteiger partial charge in [0.2, 0.25) is 0 Å². The smallest absolute Gasteiger partial charge is 0.0945 e. The zero-order chi connectivity index (χ0) is 12.0. The summed E-state index contributed by atoms with van der Waals surface area (Å²) in [4.78, 5) is 2.03. The zero-order valence-corrected chi connectivity index (χ0v) is 9.63. The van der Waals surface area contributed by atoms with Crippen LogP contribution in [0.15, 0.2) is 24.3 Å².